The molecule has 1 aromatic rings. The first kappa shape index (κ1) is 12.0. The maximum Gasteiger partial charge on any atom is 0.358 e. The molecule has 16 heavy (non-hydrogen) atoms. The lowest BCUT2D eigenvalue weighted by molar-refractivity contribution is -0.129. The maximum atomic E-state index is 10.9. The van der Waals surface area contributed by atoms with Crippen LogP contribution in [-0.2, 0) is 9.63 Å². The van der Waals surface area contributed by atoms with Crippen LogP contribution in [0.25, 0.3) is 0 Å². The second kappa shape index (κ2) is 5.16. The predicted molar refractivity (Wildman–Crippen MR) is 62.0 cm³/mol. The Labute approximate surface area is 93.9 Å². The van der Waals surface area contributed by atoms with E-state index in [2.05, 4.69) is 9.99 Å². The van der Waals surface area contributed by atoms with E-state index >= 15 is 0 Å². The first-order valence-electron chi connectivity index (χ1n) is 4.68. The first-order chi connectivity index (χ1) is 7.56. The van der Waals surface area contributed by atoms with E-state index < -0.39 is 5.97 Å². The Morgan fingerprint density at radius 3 is 2.25 bits per heavy atom. The molecule has 0 aliphatic carbocycles. The van der Waals surface area contributed by atoms with Crippen LogP contribution in [0, 0.1) is 0 Å². The fraction of sp³-hybridized carbons (Fsp3) is 0.273. The van der Waals surface area contributed by atoms with Gasteiger partial charge in [0.25, 0.3) is 0 Å². The van der Waals surface area contributed by atoms with Gasteiger partial charge in [0, 0.05) is 25.3 Å². The molecule has 1 rings (SSSR count). The molecule has 5 nitrogen and oxygen atoms in total. The summed E-state index contributed by atoms with van der Waals surface area (Å²) in [5.74, 6) is -1.11. The summed E-state index contributed by atoms with van der Waals surface area (Å²) in [5, 5.41) is 12.4. The Hall–Kier alpha value is -2.04. The number of aliphatic carboxylic acids is 1. The molecule has 1 aromatic carbocycles. The second-order valence-electron chi connectivity index (χ2n) is 3.37. The molecule has 0 heterocycles. The fourth-order valence-electron chi connectivity index (χ4n) is 1.22. The van der Waals surface area contributed by atoms with E-state index in [0.717, 1.165) is 5.69 Å². The molecule has 86 valence electrons. The number of benzene rings is 1. The average Bonchev–Trinajstić information content (AvgIpc) is 2.25. The SMILES string of the molecule is CO/N=C(/C(=O)O)c1ccc(N(C)C)cc1. The Kier molecular flexibility index (Phi) is 3.88. The number of oxime groups is 1. The van der Waals surface area contributed by atoms with Gasteiger partial charge < -0.3 is 14.8 Å². The summed E-state index contributed by atoms with van der Waals surface area (Å²) in [6.07, 6.45) is 0. The molecule has 1 N–H and O–H groups in total. The third-order valence-electron chi connectivity index (χ3n) is 2.04. The summed E-state index contributed by atoms with van der Waals surface area (Å²) in [6, 6.07) is 7.04. The monoisotopic (exact) mass is 222 g/mol. The normalized spacial score (nSPS) is 11.1. The third kappa shape index (κ3) is 2.73. The van der Waals surface area contributed by atoms with Crippen molar-refractivity contribution in [2.45, 2.75) is 0 Å². The van der Waals surface area contributed by atoms with Gasteiger partial charge in [-0.05, 0) is 12.1 Å². The lowest BCUT2D eigenvalue weighted by Gasteiger charge is -2.12. The zero-order valence-corrected chi connectivity index (χ0v) is 9.47. The zero-order chi connectivity index (χ0) is 12.1. The number of hydrogen-bond donors (Lipinski definition) is 1. The van der Waals surface area contributed by atoms with Gasteiger partial charge in [0.05, 0.1) is 0 Å². The minimum Gasteiger partial charge on any atom is -0.476 e. The molecule has 0 radical (unpaired) electrons. The van der Waals surface area contributed by atoms with Gasteiger partial charge in [-0.3, -0.25) is 0 Å². The van der Waals surface area contributed by atoms with Gasteiger partial charge in [-0.1, -0.05) is 17.3 Å². The van der Waals surface area contributed by atoms with Crippen LogP contribution in [0.5, 0.6) is 0 Å². The highest BCUT2D eigenvalue weighted by Crippen LogP contribution is 2.13. The van der Waals surface area contributed by atoms with Crippen molar-refractivity contribution >= 4 is 17.4 Å². The largest absolute Gasteiger partial charge is 0.476 e. The topological polar surface area (TPSA) is 62.1 Å². The lowest BCUT2D eigenvalue weighted by atomic mass is 10.1. The average molecular weight is 222 g/mol. The quantitative estimate of drug-likeness (QED) is 0.614. The van der Waals surface area contributed by atoms with Crippen LogP contribution in [0.2, 0.25) is 0 Å². The summed E-state index contributed by atoms with van der Waals surface area (Å²) in [7, 11) is 5.14. The minimum atomic E-state index is -1.11. The molecule has 0 fully saturated rings. The van der Waals surface area contributed by atoms with Gasteiger partial charge in [-0.2, -0.15) is 0 Å². The van der Waals surface area contributed by atoms with Crippen LogP contribution in [0.15, 0.2) is 29.4 Å². The number of carboxylic acid groups (broad SMARTS) is 1. The van der Waals surface area contributed by atoms with Gasteiger partial charge >= 0.3 is 5.97 Å². The number of nitrogens with zero attached hydrogens (tertiary/aromatic N) is 2. The smallest absolute Gasteiger partial charge is 0.358 e. The van der Waals surface area contributed by atoms with Gasteiger partial charge in [0.2, 0.25) is 0 Å². The van der Waals surface area contributed by atoms with Crippen LogP contribution < -0.4 is 4.90 Å². The van der Waals surface area contributed by atoms with Gasteiger partial charge in [-0.25, -0.2) is 4.79 Å². The van der Waals surface area contributed by atoms with Crippen LogP contribution in [0.3, 0.4) is 0 Å². The highest BCUT2D eigenvalue weighted by atomic mass is 16.6. The van der Waals surface area contributed by atoms with E-state index in [1.165, 1.54) is 7.11 Å². The van der Waals surface area contributed by atoms with Crippen molar-refractivity contribution < 1.29 is 14.7 Å². The minimum absolute atomic E-state index is 0.104. The van der Waals surface area contributed by atoms with Crippen molar-refractivity contribution in [2.24, 2.45) is 5.16 Å². The van der Waals surface area contributed by atoms with E-state index in [4.69, 9.17) is 5.11 Å². The molecule has 0 saturated heterocycles. The van der Waals surface area contributed by atoms with Gasteiger partial charge in [0.15, 0.2) is 5.71 Å². The van der Waals surface area contributed by atoms with E-state index in [1.807, 2.05) is 31.1 Å². The van der Waals surface area contributed by atoms with E-state index in [0.29, 0.717) is 5.56 Å². The van der Waals surface area contributed by atoms with Crippen molar-refractivity contribution in [1.82, 2.24) is 0 Å². The number of anilines is 1. The van der Waals surface area contributed by atoms with Crippen molar-refractivity contribution in [1.29, 1.82) is 0 Å². The highest BCUT2D eigenvalue weighted by molar-refractivity contribution is 6.42. The second-order valence-corrected chi connectivity index (χ2v) is 3.37. The molecule has 0 aliphatic heterocycles. The Morgan fingerprint density at radius 1 is 1.31 bits per heavy atom. The fourth-order valence-corrected chi connectivity index (χ4v) is 1.22. The molecule has 5 heteroatoms. The number of rotatable bonds is 4. The molecule has 0 aliphatic rings. The van der Waals surface area contributed by atoms with Crippen LogP contribution >= 0.6 is 0 Å². The maximum absolute atomic E-state index is 10.9. The molecular weight excluding hydrogens is 208 g/mol. The first-order valence-corrected chi connectivity index (χ1v) is 4.68. The summed E-state index contributed by atoms with van der Waals surface area (Å²) in [5.41, 5.74) is 1.40. The lowest BCUT2D eigenvalue weighted by Crippen LogP contribution is -2.15. The number of hydrogen-bond acceptors (Lipinski definition) is 4. The molecule has 0 atom stereocenters. The number of carboxylic acids is 1. The Morgan fingerprint density at radius 2 is 1.88 bits per heavy atom. The van der Waals surface area contributed by atoms with E-state index in [9.17, 15) is 4.79 Å². The highest BCUT2D eigenvalue weighted by Gasteiger charge is 2.13. The molecular formula is C11H14N2O3. The van der Waals surface area contributed by atoms with Crippen molar-refractivity contribution in [3.63, 3.8) is 0 Å². The van der Waals surface area contributed by atoms with E-state index in [1.54, 1.807) is 12.1 Å². The third-order valence-corrected chi connectivity index (χ3v) is 2.04. The number of carbonyl (C=O) groups is 1. The van der Waals surface area contributed by atoms with Crippen LogP contribution in [0.1, 0.15) is 5.56 Å². The van der Waals surface area contributed by atoms with Gasteiger partial charge in [-0.15, -0.1) is 0 Å². The predicted octanol–water partition coefficient (Wildman–Crippen LogP) is 1.19. The molecule has 0 unspecified atom stereocenters. The molecule has 0 amide bonds. The summed E-state index contributed by atoms with van der Waals surface area (Å²) < 4.78 is 0. The van der Waals surface area contributed by atoms with E-state index in [-0.39, 0.29) is 5.71 Å². The standard InChI is InChI=1S/C11H14N2O3/c1-13(2)9-6-4-8(5-7-9)10(11(14)15)12-16-3/h4-7H,1-3H3,(H,14,15)/b12-10+. The van der Waals surface area contributed by atoms with Gasteiger partial charge in [0.1, 0.15) is 7.11 Å². The van der Waals surface area contributed by atoms with Crippen molar-refractivity contribution in [2.75, 3.05) is 26.1 Å². The Balaban J connectivity index is 3.04. The summed E-state index contributed by atoms with van der Waals surface area (Å²) in [6.45, 7) is 0. The van der Waals surface area contributed by atoms with Crippen molar-refractivity contribution in [3.8, 4) is 0 Å². The van der Waals surface area contributed by atoms with Crippen LogP contribution in [0.4, 0.5) is 5.69 Å². The molecule has 0 aromatic heterocycles. The Bertz CT molecular complexity index is 396. The molecule has 0 saturated carbocycles. The summed E-state index contributed by atoms with van der Waals surface area (Å²) >= 11 is 0. The molecule has 0 spiro atoms. The van der Waals surface area contributed by atoms with Crippen molar-refractivity contribution in [3.05, 3.63) is 29.8 Å². The summed E-state index contributed by atoms with van der Waals surface area (Å²) in [4.78, 5) is 17.3. The molecule has 0 bridgehead atoms. The van der Waals surface area contributed by atoms with Crippen LogP contribution in [-0.4, -0.2) is 38.0 Å². The zero-order valence-electron chi connectivity index (χ0n) is 9.47.